The van der Waals surface area contributed by atoms with Gasteiger partial charge in [-0.1, -0.05) is 176 Å². The maximum absolute atomic E-state index is 2.89. The molecule has 57 heavy (non-hydrogen) atoms. The number of nitrogens with zero attached hydrogens (tertiary/aromatic N) is 2. The van der Waals surface area contributed by atoms with Gasteiger partial charge in [-0.15, -0.1) is 0 Å². The zero-order valence-corrected chi connectivity index (χ0v) is 32.5. The van der Waals surface area contributed by atoms with Crippen molar-refractivity contribution in [2.45, 2.75) is 0 Å². The summed E-state index contributed by atoms with van der Waals surface area (Å²) in [6, 6.07) is 88.8. The lowest BCUT2D eigenvalue weighted by molar-refractivity contribution is 1.28. The van der Waals surface area contributed by atoms with E-state index >= 15 is 0 Å². The molecule has 0 aliphatic carbocycles. The number of hydrogen-bond acceptors (Lipinski definition) is 2. The Morgan fingerprint density at radius 3 is 1.23 bits per heavy atom. The summed E-state index contributed by atoms with van der Waals surface area (Å²) in [6.45, 7) is 0. The van der Waals surface area contributed by atoms with Crippen molar-refractivity contribution in [2.24, 2.45) is 0 Å². The van der Waals surface area contributed by atoms with Gasteiger partial charge in [-0.3, -0.25) is 0 Å². The van der Waals surface area contributed by atoms with Gasteiger partial charge in [0.2, 0.25) is 0 Å². The molecule has 2 nitrogen and oxygen atoms in total. The fraction of sp³-hybridized carbons (Fsp3) is 0. The number of fused-ring (bicyclic) bond motifs is 3. The minimum absolute atomic E-state index is 1.11. The molecule has 0 aromatic heterocycles. The largest absolute Gasteiger partial charge is 0.311 e. The van der Waals surface area contributed by atoms with E-state index in [0.717, 1.165) is 28.4 Å². The number of anilines is 6. The van der Waals surface area contributed by atoms with E-state index in [0.29, 0.717) is 0 Å². The first-order chi connectivity index (χ1) is 28.3. The number of hydrogen-bond donors (Lipinski definition) is 0. The van der Waals surface area contributed by atoms with Gasteiger partial charge in [0, 0.05) is 34.0 Å². The molecule has 3 heteroatoms. The van der Waals surface area contributed by atoms with Crippen molar-refractivity contribution >= 4 is 62.9 Å². The van der Waals surface area contributed by atoms with Crippen LogP contribution in [-0.4, -0.2) is 8.07 Å². The van der Waals surface area contributed by atoms with Gasteiger partial charge in [0.15, 0.2) is 8.07 Å². The van der Waals surface area contributed by atoms with Crippen molar-refractivity contribution in [3.63, 3.8) is 0 Å². The molecule has 0 amide bonds. The summed E-state index contributed by atoms with van der Waals surface area (Å²) in [5.41, 5.74) is 11.8. The van der Waals surface area contributed by atoms with Gasteiger partial charge in [-0.2, -0.15) is 0 Å². The van der Waals surface area contributed by atoms with E-state index in [1.165, 1.54) is 48.7 Å². The topological polar surface area (TPSA) is 6.48 Å². The van der Waals surface area contributed by atoms with E-state index in [4.69, 9.17) is 0 Å². The van der Waals surface area contributed by atoms with Gasteiger partial charge in [-0.05, 0) is 104 Å². The summed E-state index contributed by atoms with van der Waals surface area (Å²) >= 11 is 0. The van der Waals surface area contributed by atoms with Crippen LogP contribution in [0, 0.1) is 0 Å². The fourth-order valence-electron chi connectivity index (χ4n) is 8.87. The summed E-state index contributed by atoms with van der Waals surface area (Å²) in [6.07, 6.45) is 0. The molecule has 0 fully saturated rings. The van der Waals surface area contributed by atoms with Crippen molar-refractivity contribution in [1.82, 2.24) is 0 Å². The second-order valence-electron chi connectivity index (χ2n) is 14.5. The van der Waals surface area contributed by atoms with E-state index in [2.05, 4.69) is 252 Å². The second-order valence-corrected chi connectivity index (χ2v) is 18.2. The Balaban J connectivity index is 1.25. The molecule has 1 aliphatic heterocycles. The van der Waals surface area contributed by atoms with Crippen LogP contribution in [-0.2, 0) is 0 Å². The lowest BCUT2D eigenvalue weighted by Gasteiger charge is -2.33. The molecular weight excluding hydrogens is 705 g/mol. The van der Waals surface area contributed by atoms with E-state index < -0.39 is 8.07 Å². The molecule has 9 aromatic carbocycles. The summed E-state index contributed by atoms with van der Waals surface area (Å²) in [4.78, 5) is 4.84. The average molecular weight is 745 g/mol. The molecule has 0 N–H and O–H groups in total. The zero-order chi connectivity index (χ0) is 38.0. The summed E-state index contributed by atoms with van der Waals surface area (Å²) < 4.78 is 0. The van der Waals surface area contributed by atoms with Crippen molar-refractivity contribution < 1.29 is 0 Å². The van der Waals surface area contributed by atoms with E-state index in [1.54, 1.807) is 0 Å². The summed E-state index contributed by atoms with van der Waals surface area (Å²) in [5.74, 6) is 0. The fourth-order valence-corrected chi connectivity index (χ4v) is 14.1. The van der Waals surface area contributed by atoms with Crippen molar-refractivity contribution in [2.75, 3.05) is 9.80 Å². The molecule has 0 spiro atoms. The Kier molecular flexibility index (Phi) is 8.90. The molecule has 1 aliphatic rings. The molecule has 0 saturated heterocycles. The predicted octanol–water partition coefficient (Wildman–Crippen LogP) is 11.7. The first-order valence-electron chi connectivity index (χ1n) is 19.6. The normalized spacial score (nSPS) is 12.4. The molecule has 0 radical (unpaired) electrons. The van der Waals surface area contributed by atoms with Crippen molar-refractivity contribution in [3.05, 3.63) is 243 Å². The highest BCUT2D eigenvalue weighted by atomic mass is 28.3. The van der Waals surface area contributed by atoms with Crippen LogP contribution in [0.15, 0.2) is 243 Å². The van der Waals surface area contributed by atoms with Gasteiger partial charge in [0.1, 0.15) is 0 Å². The molecule has 9 aromatic rings. The van der Waals surface area contributed by atoms with Crippen LogP contribution in [0.5, 0.6) is 0 Å². The Morgan fingerprint density at radius 2 is 0.702 bits per heavy atom. The van der Waals surface area contributed by atoms with Crippen LogP contribution < -0.4 is 30.5 Å². The third kappa shape index (κ3) is 5.97. The summed E-state index contributed by atoms with van der Waals surface area (Å²) in [7, 11) is -2.89. The molecule has 270 valence electrons. The Labute approximate surface area is 336 Å². The number of benzene rings is 9. The average Bonchev–Trinajstić information content (AvgIpc) is 3.60. The van der Waals surface area contributed by atoms with Gasteiger partial charge in [-0.25, -0.2) is 0 Å². The van der Waals surface area contributed by atoms with Crippen LogP contribution >= 0.6 is 0 Å². The first kappa shape index (κ1) is 34.3. The Morgan fingerprint density at radius 1 is 0.281 bits per heavy atom. The van der Waals surface area contributed by atoms with Crippen molar-refractivity contribution in [3.8, 4) is 22.3 Å². The molecule has 10 rings (SSSR count). The maximum Gasteiger partial charge on any atom is 0.181 e. The third-order valence-electron chi connectivity index (χ3n) is 11.3. The van der Waals surface area contributed by atoms with Gasteiger partial charge < -0.3 is 9.80 Å². The van der Waals surface area contributed by atoms with E-state index in [9.17, 15) is 0 Å². The number of para-hydroxylation sites is 3. The highest BCUT2D eigenvalue weighted by Crippen LogP contribution is 2.44. The minimum Gasteiger partial charge on any atom is -0.311 e. The SMILES string of the molecule is c1ccc(-c2ccc(N(c3ccccc3)c3ccc4c(c3)[Si](c3ccccc3)(c3ccccc3)c3cccc(N(c5ccccc5)c5ccccc5)c3-4)cc2)cc1. The minimum atomic E-state index is -2.89. The monoisotopic (exact) mass is 744 g/mol. The highest BCUT2D eigenvalue weighted by Gasteiger charge is 2.50. The van der Waals surface area contributed by atoms with Gasteiger partial charge in [0.05, 0.1) is 5.69 Å². The zero-order valence-electron chi connectivity index (χ0n) is 31.5. The van der Waals surface area contributed by atoms with Crippen LogP contribution in [0.25, 0.3) is 22.3 Å². The van der Waals surface area contributed by atoms with E-state index in [-0.39, 0.29) is 0 Å². The molecule has 0 bridgehead atoms. The number of rotatable bonds is 9. The summed E-state index contributed by atoms with van der Waals surface area (Å²) in [5, 5.41) is 5.53. The lowest BCUT2D eigenvalue weighted by Crippen LogP contribution is -2.72. The van der Waals surface area contributed by atoms with Crippen LogP contribution in [0.2, 0.25) is 0 Å². The van der Waals surface area contributed by atoms with Crippen LogP contribution in [0.4, 0.5) is 34.1 Å². The maximum atomic E-state index is 2.51. The van der Waals surface area contributed by atoms with Crippen molar-refractivity contribution in [1.29, 1.82) is 0 Å². The highest BCUT2D eigenvalue weighted by molar-refractivity contribution is 7.22. The quantitative estimate of drug-likeness (QED) is 0.136. The standard InChI is InChI=1S/C54H40N2Si/c1-7-20-41(21-8-1)42-34-36-46(37-35-42)55(43-22-9-2-10-23-43)47-38-39-50-53(40-47)57(48-28-15-5-16-29-48,49-30-17-6-18-31-49)52-33-19-32-51(54(50)52)56(44-24-11-3-12-25-44)45-26-13-4-14-27-45/h1-40H. The molecule has 1 heterocycles. The molecule has 0 atom stereocenters. The third-order valence-corrected chi connectivity index (χ3v) is 16.2. The predicted molar refractivity (Wildman–Crippen MR) is 244 cm³/mol. The smallest absolute Gasteiger partial charge is 0.181 e. The van der Waals surface area contributed by atoms with Gasteiger partial charge in [0.25, 0.3) is 0 Å². The lowest BCUT2D eigenvalue weighted by atomic mass is 10.0. The Bertz CT molecular complexity index is 2680. The van der Waals surface area contributed by atoms with Crippen LogP contribution in [0.3, 0.4) is 0 Å². The Hall–Kier alpha value is -7.20. The molecule has 0 saturated carbocycles. The molecular formula is C54H40N2Si. The second kappa shape index (κ2) is 14.8. The molecule has 0 unspecified atom stereocenters. The van der Waals surface area contributed by atoms with Crippen LogP contribution in [0.1, 0.15) is 0 Å². The first-order valence-corrected chi connectivity index (χ1v) is 21.6. The van der Waals surface area contributed by atoms with E-state index in [1.807, 2.05) is 0 Å². The van der Waals surface area contributed by atoms with Gasteiger partial charge >= 0.3 is 0 Å².